The summed E-state index contributed by atoms with van der Waals surface area (Å²) in [6.45, 7) is 0.0418. The molecular weight excluding hydrogens is 568 g/mol. The third-order valence-corrected chi connectivity index (χ3v) is 6.96. The van der Waals surface area contributed by atoms with Crippen molar-refractivity contribution in [2.24, 2.45) is 0 Å². The molecule has 1 N–H and O–H groups in total. The van der Waals surface area contributed by atoms with E-state index in [1.807, 2.05) is 0 Å². The molecule has 198 valence electrons. The van der Waals surface area contributed by atoms with Gasteiger partial charge in [-0.25, -0.2) is 18.0 Å². The van der Waals surface area contributed by atoms with E-state index in [0.717, 1.165) is 6.42 Å². The van der Waals surface area contributed by atoms with Crippen molar-refractivity contribution < 1.29 is 41.0 Å². The van der Waals surface area contributed by atoms with Gasteiger partial charge in [0.25, 0.3) is 0 Å². The molecule has 0 bridgehead atoms. The molecule has 1 saturated carbocycles. The number of carbonyl (C=O) groups excluding carboxylic acids is 1. The normalized spacial score (nSPS) is 14.5. The van der Waals surface area contributed by atoms with Gasteiger partial charge < -0.3 is 19.2 Å². The van der Waals surface area contributed by atoms with Gasteiger partial charge in [-0.1, -0.05) is 41.2 Å². The monoisotopic (exact) mass is 583 g/mol. The zero-order chi connectivity index (χ0) is 27.1. The zero-order valence-corrected chi connectivity index (χ0v) is 21.2. The summed E-state index contributed by atoms with van der Waals surface area (Å²) < 4.78 is 84.9. The Morgan fingerprint density at radius 2 is 1.54 bits per heavy atom. The summed E-state index contributed by atoms with van der Waals surface area (Å²) in [5, 5.41) is 0.265. The first kappa shape index (κ1) is 27.7. The minimum Gasteiger partial charge on any atom is -0.416 e. The van der Waals surface area contributed by atoms with E-state index in [1.54, 1.807) is 0 Å². The van der Waals surface area contributed by atoms with Crippen molar-refractivity contribution in [1.82, 2.24) is 4.98 Å². The van der Waals surface area contributed by atoms with Crippen LogP contribution in [-0.4, -0.2) is 31.5 Å². The van der Waals surface area contributed by atoms with E-state index in [4.69, 9.17) is 49.0 Å². The van der Waals surface area contributed by atoms with Crippen LogP contribution < -0.4 is 4.74 Å². The summed E-state index contributed by atoms with van der Waals surface area (Å²) in [7, 11) is 1.43. The lowest BCUT2D eigenvalue weighted by molar-refractivity contribution is -0.0626. The quantitative estimate of drug-likeness (QED) is 0.0564. The second-order valence-electron chi connectivity index (χ2n) is 8.37. The molecule has 0 spiro atoms. The van der Waals surface area contributed by atoms with Gasteiger partial charge in [0.2, 0.25) is 34.8 Å². The molecule has 3 aromatic rings. The Balaban J connectivity index is 1.88. The minimum atomic E-state index is -2.39. The van der Waals surface area contributed by atoms with Gasteiger partial charge in [0.15, 0.2) is 0 Å². The number of benzene rings is 2. The first-order chi connectivity index (χ1) is 17.5. The first-order valence-corrected chi connectivity index (χ1v) is 11.8. The van der Waals surface area contributed by atoms with Gasteiger partial charge in [0.05, 0.1) is 22.2 Å². The van der Waals surface area contributed by atoms with Crippen molar-refractivity contribution >= 4 is 40.8 Å². The molecular formula is C24H17Cl3F5NO4. The zero-order valence-electron chi connectivity index (χ0n) is 18.9. The Morgan fingerprint density at radius 3 is 2.05 bits per heavy atom. The number of nitrogens with one attached hydrogen (secondary N) is 1. The molecule has 13 heteroatoms. The Labute approximate surface area is 222 Å². The van der Waals surface area contributed by atoms with Gasteiger partial charge in [-0.3, -0.25) is 0 Å². The lowest BCUT2D eigenvalue weighted by Gasteiger charge is -2.41. The third kappa shape index (κ3) is 4.93. The number of ether oxygens (including phenoxy) is 3. The fraction of sp³-hybridized carbons (Fsp3) is 0.292. The predicted molar refractivity (Wildman–Crippen MR) is 126 cm³/mol. The Morgan fingerprint density at radius 1 is 0.973 bits per heavy atom. The van der Waals surface area contributed by atoms with E-state index in [2.05, 4.69) is 4.98 Å². The van der Waals surface area contributed by atoms with Gasteiger partial charge in [-0.2, -0.15) is 8.78 Å². The highest BCUT2D eigenvalue weighted by atomic mass is 35.5. The van der Waals surface area contributed by atoms with Gasteiger partial charge in [-0.15, -0.1) is 0 Å². The summed E-state index contributed by atoms with van der Waals surface area (Å²) in [6.07, 6.45) is 3.23. The number of rotatable bonds is 8. The average molecular weight is 585 g/mol. The summed E-state index contributed by atoms with van der Waals surface area (Å²) >= 11 is 18.7. The third-order valence-electron chi connectivity index (χ3n) is 6.15. The van der Waals surface area contributed by atoms with Crippen LogP contribution >= 0.6 is 34.8 Å². The van der Waals surface area contributed by atoms with Crippen LogP contribution in [0.3, 0.4) is 0 Å². The van der Waals surface area contributed by atoms with Crippen molar-refractivity contribution in [1.29, 1.82) is 0 Å². The van der Waals surface area contributed by atoms with Crippen LogP contribution in [0.1, 0.15) is 35.3 Å². The first-order valence-electron chi connectivity index (χ1n) is 10.7. The van der Waals surface area contributed by atoms with Crippen molar-refractivity contribution in [2.45, 2.75) is 24.7 Å². The molecule has 1 heterocycles. The van der Waals surface area contributed by atoms with Crippen LogP contribution in [0.5, 0.6) is 5.75 Å². The molecule has 1 fully saturated rings. The van der Waals surface area contributed by atoms with E-state index < -0.39 is 46.2 Å². The van der Waals surface area contributed by atoms with Crippen molar-refractivity contribution in [3.05, 3.63) is 73.7 Å². The number of methoxy groups -OCH3 is 1. The van der Waals surface area contributed by atoms with Crippen LogP contribution in [0, 0.1) is 29.1 Å². The van der Waals surface area contributed by atoms with Gasteiger partial charge in [0.1, 0.15) is 6.79 Å². The molecule has 1 aliphatic carbocycles. The predicted octanol–water partition coefficient (Wildman–Crippen LogP) is 7.60. The lowest BCUT2D eigenvalue weighted by Crippen LogP contribution is -2.41. The molecule has 0 aliphatic heterocycles. The van der Waals surface area contributed by atoms with Crippen LogP contribution in [0.4, 0.5) is 22.0 Å². The molecule has 2 aromatic carbocycles. The van der Waals surface area contributed by atoms with Crippen molar-refractivity contribution in [2.75, 3.05) is 20.5 Å². The van der Waals surface area contributed by atoms with E-state index in [9.17, 15) is 26.7 Å². The van der Waals surface area contributed by atoms with Crippen molar-refractivity contribution in [3.63, 3.8) is 0 Å². The molecule has 1 aromatic heterocycles. The van der Waals surface area contributed by atoms with E-state index in [1.165, 1.54) is 25.4 Å². The van der Waals surface area contributed by atoms with Crippen LogP contribution in [-0.2, 0) is 14.9 Å². The van der Waals surface area contributed by atoms with Gasteiger partial charge in [0, 0.05) is 40.6 Å². The molecule has 4 rings (SSSR count). The average Bonchev–Trinajstić information content (AvgIpc) is 3.25. The Kier molecular flexibility index (Phi) is 8.06. The highest BCUT2D eigenvalue weighted by Gasteiger charge is 2.44. The smallest absolute Gasteiger partial charge is 0.346 e. The van der Waals surface area contributed by atoms with Crippen LogP contribution in [0.25, 0.3) is 11.1 Å². The summed E-state index contributed by atoms with van der Waals surface area (Å²) in [4.78, 5) is 16.4. The maximum Gasteiger partial charge on any atom is 0.346 e. The van der Waals surface area contributed by atoms with E-state index in [0.29, 0.717) is 12.8 Å². The molecule has 5 nitrogen and oxygen atoms in total. The number of esters is 1. The molecule has 0 saturated heterocycles. The number of hydrogen-bond acceptors (Lipinski definition) is 4. The number of carbonyl (C=O) groups is 1. The molecule has 0 amide bonds. The number of aromatic amines is 1. The van der Waals surface area contributed by atoms with Crippen LogP contribution in [0.15, 0.2) is 18.3 Å². The fourth-order valence-electron chi connectivity index (χ4n) is 4.26. The molecule has 0 radical (unpaired) electrons. The van der Waals surface area contributed by atoms with E-state index >= 15 is 0 Å². The van der Waals surface area contributed by atoms with Crippen molar-refractivity contribution in [3.8, 4) is 16.9 Å². The number of aromatic nitrogens is 1. The van der Waals surface area contributed by atoms with E-state index in [-0.39, 0.29) is 50.9 Å². The lowest BCUT2D eigenvalue weighted by atomic mass is 9.66. The highest BCUT2D eigenvalue weighted by molar-refractivity contribution is 6.42. The topological polar surface area (TPSA) is 60.5 Å². The summed E-state index contributed by atoms with van der Waals surface area (Å²) in [5.74, 6) is -14.7. The molecule has 0 atom stereocenters. The Hall–Kier alpha value is -2.37. The maximum atomic E-state index is 14.3. The Bertz CT molecular complexity index is 1320. The number of hydrogen-bond donors (Lipinski definition) is 1. The molecule has 0 unspecified atom stereocenters. The molecule has 1 aliphatic rings. The number of halogens is 8. The summed E-state index contributed by atoms with van der Waals surface area (Å²) in [5.41, 5.74) is -0.593. The SMILES string of the molecule is COCOCC1(c2[nH]cc(-c3c(Cl)cc(Cl)cc3Cl)c2C(=O)Oc2c(F)c(F)c(F)c(F)c2F)CCC1. The number of H-pyrrole nitrogens is 1. The van der Waals surface area contributed by atoms with Crippen LogP contribution in [0.2, 0.25) is 15.1 Å². The fourth-order valence-corrected chi connectivity index (χ4v) is 5.28. The second kappa shape index (κ2) is 10.8. The van der Waals surface area contributed by atoms with Gasteiger partial charge >= 0.3 is 5.97 Å². The summed E-state index contributed by atoms with van der Waals surface area (Å²) in [6, 6.07) is 2.72. The second-order valence-corrected chi connectivity index (χ2v) is 9.63. The van der Waals surface area contributed by atoms with Gasteiger partial charge in [-0.05, 0) is 25.0 Å². The molecule has 37 heavy (non-hydrogen) atoms. The largest absolute Gasteiger partial charge is 0.416 e. The highest BCUT2D eigenvalue weighted by Crippen LogP contribution is 2.48. The maximum absolute atomic E-state index is 14.3. The standard InChI is InChI=1S/C24H17Cl3F5NO4/c1-35-9-36-8-24(3-2-4-24)22-15(11(7-33-22)14-12(26)5-10(25)6-13(14)27)23(34)37-21-19(31)17(29)16(28)18(30)20(21)32/h5-7,33H,2-4,8-9H2,1H3. The minimum absolute atomic E-state index is 0.0339.